The first-order chi connectivity index (χ1) is 13.4. The molecule has 2 N–H and O–H groups in total. The first-order valence-electron chi connectivity index (χ1n) is 8.62. The molecule has 150 valence electrons. The first-order valence-corrected chi connectivity index (χ1v) is 10.4. The predicted molar refractivity (Wildman–Crippen MR) is 101 cm³/mol. The van der Waals surface area contributed by atoms with Crippen LogP contribution < -0.4 is 14.8 Å². The molecule has 0 aliphatic carbocycles. The van der Waals surface area contributed by atoms with E-state index < -0.39 is 15.9 Å². The molecule has 0 atom stereocenters. The lowest BCUT2D eigenvalue weighted by Crippen LogP contribution is -2.40. The summed E-state index contributed by atoms with van der Waals surface area (Å²) < 4.78 is 42.8. The lowest BCUT2D eigenvalue weighted by atomic mass is 10.2. The zero-order valence-corrected chi connectivity index (χ0v) is 16.3. The average molecular weight is 428 g/mol. The summed E-state index contributed by atoms with van der Waals surface area (Å²) >= 11 is 6.20. The number of morpholine rings is 1. The van der Waals surface area contributed by atoms with Crippen LogP contribution in [0.4, 0.5) is 5.69 Å². The van der Waals surface area contributed by atoms with Crippen molar-refractivity contribution in [3.63, 3.8) is 0 Å². The molecule has 11 heteroatoms. The van der Waals surface area contributed by atoms with Gasteiger partial charge in [-0.3, -0.25) is 4.79 Å². The Balaban J connectivity index is 1.52. The zero-order valence-electron chi connectivity index (χ0n) is 14.7. The van der Waals surface area contributed by atoms with E-state index in [1.807, 2.05) is 0 Å². The van der Waals surface area contributed by atoms with Crippen molar-refractivity contribution >= 4 is 33.2 Å². The lowest BCUT2D eigenvalue weighted by Gasteiger charge is -2.25. The number of sulfonamides is 1. The molecule has 3 heterocycles. The van der Waals surface area contributed by atoms with Crippen molar-refractivity contribution in [1.29, 1.82) is 0 Å². The van der Waals surface area contributed by atoms with Gasteiger partial charge in [0.2, 0.25) is 10.0 Å². The van der Waals surface area contributed by atoms with E-state index in [9.17, 15) is 13.2 Å². The van der Waals surface area contributed by atoms with Gasteiger partial charge in [0.25, 0.3) is 5.91 Å². The van der Waals surface area contributed by atoms with Gasteiger partial charge in [0.05, 0.1) is 23.9 Å². The highest BCUT2D eigenvalue weighted by Gasteiger charge is 2.28. The van der Waals surface area contributed by atoms with Crippen molar-refractivity contribution < 1.29 is 27.4 Å². The largest absolute Gasteiger partial charge is 0.486 e. The number of nitrogens with one attached hydrogen (secondary N) is 2. The van der Waals surface area contributed by atoms with Gasteiger partial charge in [-0.15, -0.1) is 0 Å². The standard InChI is InChI=1S/C17H18ClN3O6S/c18-12-8-15-16(27-6-5-26-15)9-13(12)20-17(22)14-7-11(10-19-14)28(23,24)21-1-3-25-4-2-21/h7-10,19H,1-6H2,(H,20,22). The van der Waals surface area contributed by atoms with Crippen molar-refractivity contribution in [2.75, 3.05) is 44.8 Å². The van der Waals surface area contributed by atoms with Gasteiger partial charge in [0.1, 0.15) is 23.8 Å². The Kier molecular flexibility index (Phi) is 5.19. The van der Waals surface area contributed by atoms with Gasteiger partial charge in [0, 0.05) is 31.4 Å². The summed E-state index contributed by atoms with van der Waals surface area (Å²) in [6, 6.07) is 4.43. The second-order valence-corrected chi connectivity index (χ2v) is 8.54. The third-order valence-corrected chi connectivity index (χ3v) is 6.58. The van der Waals surface area contributed by atoms with Gasteiger partial charge >= 0.3 is 0 Å². The number of hydrogen-bond acceptors (Lipinski definition) is 6. The van der Waals surface area contributed by atoms with E-state index in [1.165, 1.54) is 16.6 Å². The molecule has 0 unspecified atom stereocenters. The van der Waals surface area contributed by atoms with Crippen LogP contribution in [0.25, 0.3) is 0 Å². The maximum absolute atomic E-state index is 12.7. The molecule has 0 radical (unpaired) electrons. The smallest absolute Gasteiger partial charge is 0.272 e. The highest BCUT2D eigenvalue weighted by molar-refractivity contribution is 7.89. The van der Waals surface area contributed by atoms with E-state index in [-0.39, 0.29) is 28.7 Å². The van der Waals surface area contributed by atoms with E-state index in [0.29, 0.717) is 43.6 Å². The van der Waals surface area contributed by atoms with E-state index in [4.69, 9.17) is 25.8 Å². The summed E-state index contributed by atoms with van der Waals surface area (Å²) in [5.74, 6) is 0.461. The fraction of sp³-hybridized carbons (Fsp3) is 0.353. The molecule has 1 amide bonds. The van der Waals surface area contributed by atoms with Crippen molar-refractivity contribution in [2.24, 2.45) is 0 Å². The maximum Gasteiger partial charge on any atom is 0.272 e. The van der Waals surface area contributed by atoms with Crippen molar-refractivity contribution in [2.45, 2.75) is 4.90 Å². The second kappa shape index (κ2) is 7.63. The molecule has 1 aromatic carbocycles. The topological polar surface area (TPSA) is 110 Å². The third kappa shape index (κ3) is 3.68. The number of amides is 1. The van der Waals surface area contributed by atoms with Gasteiger partial charge in [-0.2, -0.15) is 4.31 Å². The van der Waals surface area contributed by atoms with Crippen LogP contribution in [0.3, 0.4) is 0 Å². The number of nitrogens with zero attached hydrogens (tertiary/aromatic N) is 1. The van der Waals surface area contributed by atoms with Crippen LogP contribution in [-0.2, 0) is 14.8 Å². The average Bonchev–Trinajstić information content (AvgIpc) is 3.20. The van der Waals surface area contributed by atoms with Gasteiger partial charge in [-0.25, -0.2) is 8.42 Å². The summed E-state index contributed by atoms with van der Waals surface area (Å²) in [4.78, 5) is 15.3. The van der Waals surface area contributed by atoms with Crippen LogP contribution in [-0.4, -0.2) is 63.1 Å². The summed E-state index contributed by atoms with van der Waals surface area (Å²) in [5.41, 5.74) is 0.431. The second-order valence-electron chi connectivity index (χ2n) is 6.20. The fourth-order valence-electron chi connectivity index (χ4n) is 2.94. The minimum atomic E-state index is -3.69. The number of ether oxygens (including phenoxy) is 3. The molecule has 1 saturated heterocycles. The number of carbonyl (C=O) groups excluding carboxylic acids is 1. The Hall–Kier alpha value is -2.27. The van der Waals surface area contributed by atoms with Gasteiger partial charge < -0.3 is 24.5 Å². The fourth-order valence-corrected chi connectivity index (χ4v) is 4.54. The summed E-state index contributed by atoms with van der Waals surface area (Å²) in [7, 11) is -3.69. The van der Waals surface area contributed by atoms with E-state index in [0.717, 1.165) is 0 Å². The Labute approximate surface area is 166 Å². The summed E-state index contributed by atoms with van der Waals surface area (Å²) in [6.45, 7) is 2.09. The number of halogens is 1. The molecule has 9 nitrogen and oxygen atoms in total. The molecule has 0 bridgehead atoms. The number of aromatic amines is 1. The molecule has 4 rings (SSSR count). The Bertz CT molecular complexity index is 1000. The van der Waals surface area contributed by atoms with Crippen molar-refractivity contribution in [3.05, 3.63) is 35.1 Å². The molecule has 1 fully saturated rings. The van der Waals surface area contributed by atoms with Gasteiger partial charge in [-0.1, -0.05) is 11.6 Å². The van der Waals surface area contributed by atoms with Gasteiger partial charge in [0.15, 0.2) is 11.5 Å². The van der Waals surface area contributed by atoms with Crippen molar-refractivity contribution in [3.8, 4) is 11.5 Å². The van der Waals surface area contributed by atoms with Crippen LogP contribution in [0, 0.1) is 0 Å². The normalized spacial score (nSPS) is 17.3. The number of fused-ring (bicyclic) bond motifs is 1. The third-order valence-electron chi connectivity index (χ3n) is 4.39. The number of aromatic nitrogens is 1. The maximum atomic E-state index is 12.7. The molecule has 0 saturated carbocycles. The highest BCUT2D eigenvalue weighted by atomic mass is 35.5. The van der Waals surface area contributed by atoms with Crippen LogP contribution in [0.15, 0.2) is 29.3 Å². The van der Waals surface area contributed by atoms with Crippen LogP contribution in [0.5, 0.6) is 11.5 Å². The predicted octanol–water partition coefficient (Wildman–Crippen LogP) is 1.71. The van der Waals surface area contributed by atoms with Gasteiger partial charge in [-0.05, 0) is 6.07 Å². The van der Waals surface area contributed by atoms with Crippen LogP contribution in [0.1, 0.15) is 10.5 Å². The Morgan fingerprint density at radius 2 is 1.75 bits per heavy atom. The molecule has 2 aliphatic rings. The summed E-state index contributed by atoms with van der Waals surface area (Å²) in [5, 5.41) is 2.94. The zero-order chi connectivity index (χ0) is 19.7. The van der Waals surface area contributed by atoms with E-state index >= 15 is 0 Å². The minimum absolute atomic E-state index is 0.0211. The molecule has 0 spiro atoms. The molecule has 2 aliphatic heterocycles. The SMILES string of the molecule is O=C(Nc1cc2c(cc1Cl)OCCO2)c1cc(S(=O)(=O)N2CCOCC2)c[nH]1. The molecule has 1 aromatic heterocycles. The monoisotopic (exact) mass is 427 g/mol. The van der Waals surface area contributed by atoms with Crippen LogP contribution in [0.2, 0.25) is 5.02 Å². The molecule has 28 heavy (non-hydrogen) atoms. The Morgan fingerprint density at radius 3 is 2.46 bits per heavy atom. The number of benzene rings is 1. The minimum Gasteiger partial charge on any atom is -0.486 e. The number of hydrogen-bond donors (Lipinski definition) is 2. The Morgan fingerprint density at radius 1 is 1.07 bits per heavy atom. The lowest BCUT2D eigenvalue weighted by molar-refractivity contribution is 0.0730. The molecular weight excluding hydrogens is 410 g/mol. The number of rotatable bonds is 4. The number of H-pyrrole nitrogens is 1. The molecule has 2 aromatic rings. The summed E-state index contributed by atoms with van der Waals surface area (Å²) in [6.07, 6.45) is 1.30. The number of anilines is 1. The number of carbonyl (C=O) groups is 1. The quantitative estimate of drug-likeness (QED) is 0.768. The highest BCUT2D eigenvalue weighted by Crippen LogP contribution is 2.38. The van der Waals surface area contributed by atoms with E-state index in [2.05, 4.69) is 10.3 Å². The molecular formula is C17H18ClN3O6S. The van der Waals surface area contributed by atoms with Crippen molar-refractivity contribution in [1.82, 2.24) is 9.29 Å². The van der Waals surface area contributed by atoms with Crippen LogP contribution >= 0.6 is 11.6 Å². The van der Waals surface area contributed by atoms with E-state index in [1.54, 1.807) is 12.1 Å². The first kappa shape index (κ1) is 19.1.